The van der Waals surface area contributed by atoms with Crippen molar-refractivity contribution < 1.29 is 22.1 Å². The zero-order valence-corrected chi connectivity index (χ0v) is 19.8. The second kappa shape index (κ2) is 10.4. The predicted molar refractivity (Wildman–Crippen MR) is 129 cm³/mol. The van der Waals surface area contributed by atoms with Crippen LogP contribution in [0.3, 0.4) is 0 Å². The fraction of sp³-hybridized carbons (Fsp3) is 0.192. The Kier molecular flexibility index (Phi) is 7.55. The number of hydrogen-bond donors (Lipinski definition) is 1. The first kappa shape index (κ1) is 24.1. The smallest absolute Gasteiger partial charge is 0.339 e. The first-order chi connectivity index (χ1) is 15.7. The van der Waals surface area contributed by atoms with E-state index in [0.717, 1.165) is 16.7 Å². The van der Waals surface area contributed by atoms with Crippen LogP contribution >= 0.6 is 0 Å². The molecule has 0 heterocycles. The third-order valence-corrected chi connectivity index (χ3v) is 6.39. The summed E-state index contributed by atoms with van der Waals surface area (Å²) < 4.78 is 35.8. The number of ether oxygens (including phenoxy) is 1. The first-order valence-corrected chi connectivity index (χ1v) is 11.8. The molecule has 0 spiro atoms. The van der Waals surface area contributed by atoms with Gasteiger partial charge in [-0.3, -0.25) is 4.79 Å². The van der Waals surface area contributed by atoms with E-state index >= 15 is 0 Å². The van der Waals surface area contributed by atoms with E-state index < -0.39 is 10.1 Å². The van der Waals surface area contributed by atoms with Crippen molar-refractivity contribution in [3.8, 4) is 11.5 Å². The Balaban J connectivity index is 1.71. The van der Waals surface area contributed by atoms with Crippen LogP contribution in [0.25, 0.3) is 6.08 Å². The number of methoxy groups -OCH3 is 1. The summed E-state index contributed by atoms with van der Waals surface area (Å²) >= 11 is 0. The van der Waals surface area contributed by atoms with Crippen molar-refractivity contribution in [2.45, 2.75) is 31.7 Å². The standard InChI is InChI=1S/C26H27NO5S/c1-18-9-13-22(14-10-18)33(29,30)32-24-15-11-21(17-25(24)31-4)12-16-26(28)27-20(3)23-8-6-5-7-19(23)2/h5-17,20H,1-4H3,(H,27,28). The molecule has 6 nitrogen and oxygen atoms in total. The third kappa shape index (κ3) is 6.23. The third-order valence-electron chi connectivity index (χ3n) is 5.14. The van der Waals surface area contributed by atoms with Crippen LogP contribution in [0.2, 0.25) is 0 Å². The summed E-state index contributed by atoms with van der Waals surface area (Å²) in [4.78, 5) is 12.4. The SMILES string of the molecule is COc1cc(C=CC(=O)NC(C)c2ccccc2C)ccc1OS(=O)(=O)c1ccc(C)cc1. The molecule has 0 aliphatic heterocycles. The van der Waals surface area contributed by atoms with E-state index in [0.29, 0.717) is 5.56 Å². The van der Waals surface area contributed by atoms with Crippen LogP contribution in [0.4, 0.5) is 0 Å². The minimum absolute atomic E-state index is 0.0542. The number of benzene rings is 3. The van der Waals surface area contributed by atoms with Gasteiger partial charge in [-0.15, -0.1) is 0 Å². The fourth-order valence-corrected chi connectivity index (χ4v) is 4.25. The highest BCUT2D eigenvalue weighted by Gasteiger charge is 2.19. The van der Waals surface area contributed by atoms with E-state index in [-0.39, 0.29) is 28.3 Å². The van der Waals surface area contributed by atoms with Crippen molar-refractivity contribution in [1.29, 1.82) is 0 Å². The van der Waals surface area contributed by atoms with Gasteiger partial charge in [-0.1, -0.05) is 48.0 Å². The van der Waals surface area contributed by atoms with Crippen molar-refractivity contribution in [3.63, 3.8) is 0 Å². The average molecular weight is 466 g/mol. The molecule has 0 saturated heterocycles. The largest absolute Gasteiger partial charge is 0.493 e. The van der Waals surface area contributed by atoms with E-state index in [1.807, 2.05) is 45.0 Å². The van der Waals surface area contributed by atoms with Gasteiger partial charge in [-0.2, -0.15) is 8.42 Å². The molecule has 172 valence electrons. The lowest BCUT2D eigenvalue weighted by molar-refractivity contribution is -0.117. The van der Waals surface area contributed by atoms with Gasteiger partial charge in [0.2, 0.25) is 5.91 Å². The van der Waals surface area contributed by atoms with Crippen LogP contribution in [-0.2, 0) is 14.9 Å². The Morgan fingerprint density at radius 3 is 2.33 bits per heavy atom. The van der Waals surface area contributed by atoms with Gasteiger partial charge in [0, 0.05) is 6.08 Å². The van der Waals surface area contributed by atoms with E-state index in [1.165, 1.54) is 31.4 Å². The topological polar surface area (TPSA) is 81.7 Å². The lowest BCUT2D eigenvalue weighted by Gasteiger charge is -2.15. The Bertz CT molecular complexity index is 1260. The summed E-state index contributed by atoms with van der Waals surface area (Å²) in [5.41, 5.74) is 3.76. The lowest BCUT2D eigenvalue weighted by atomic mass is 10.0. The molecule has 3 rings (SSSR count). The number of carbonyl (C=O) groups excluding carboxylic acids is 1. The number of rotatable bonds is 8. The van der Waals surface area contributed by atoms with Gasteiger partial charge in [0.1, 0.15) is 4.90 Å². The summed E-state index contributed by atoms with van der Waals surface area (Å²) in [6.45, 7) is 5.80. The maximum atomic E-state index is 12.6. The summed E-state index contributed by atoms with van der Waals surface area (Å²) in [6, 6.07) is 18.9. The van der Waals surface area contributed by atoms with Crippen LogP contribution in [0.1, 0.15) is 35.2 Å². The second-order valence-electron chi connectivity index (χ2n) is 7.68. The average Bonchev–Trinajstić information content (AvgIpc) is 2.78. The van der Waals surface area contributed by atoms with Crippen molar-refractivity contribution in [2.24, 2.45) is 0 Å². The van der Waals surface area contributed by atoms with Gasteiger partial charge >= 0.3 is 10.1 Å². The molecule has 0 fully saturated rings. The lowest BCUT2D eigenvalue weighted by Crippen LogP contribution is -2.25. The highest BCUT2D eigenvalue weighted by Crippen LogP contribution is 2.31. The van der Waals surface area contributed by atoms with Gasteiger partial charge in [-0.05, 0) is 67.8 Å². The minimum atomic E-state index is -4.01. The quantitative estimate of drug-likeness (QED) is 0.375. The number of aryl methyl sites for hydroxylation is 2. The predicted octanol–water partition coefficient (Wildman–Crippen LogP) is 4.97. The van der Waals surface area contributed by atoms with Crippen molar-refractivity contribution >= 4 is 22.1 Å². The molecule has 3 aromatic carbocycles. The molecule has 0 aromatic heterocycles. The highest BCUT2D eigenvalue weighted by molar-refractivity contribution is 7.87. The fourth-order valence-electron chi connectivity index (χ4n) is 3.31. The zero-order chi connectivity index (χ0) is 24.0. The zero-order valence-electron chi connectivity index (χ0n) is 19.0. The van der Waals surface area contributed by atoms with Crippen LogP contribution < -0.4 is 14.2 Å². The summed E-state index contributed by atoms with van der Waals surface area (Å²) in [7, 11) is -2.59. The number of nitrogens with one attached hydrogen (secondary N) is 1. The van der Waals surface area contributed by atoms with E-state index in [2.05, 4.69) is 5.32 Å². The first-order valence-electron chi connectivity index (χ1n) is 10.4. The van der Waals surface area contributed by atoms with Gasteiger partial charge < -0.3 is 14.2 Å². The van der Waals surface area contributed by atoms with E-state index in [9.17, 15) is 13.2 Å². The number of carbonyl (C=O) groups is 1. The van der Waals surface area contributed by atoms with Gasteiger partial charge in [0.05, 0.1) is 13.2 Å². The molecule has 7 heteroatoms. The second-order valence-corrected chi connectivity index (χ2v) is 9.23. The van der Waals surface area contributed by atoms with Crippen LogP contribution in [0, 0.1) is 13.8 Å². The molecule has 0 saturated carbocycles. The highest BCUT2D eigenvalue weighted by atomic mass is 32.2. The molecule has 0 aliphatic rings. The molecule has 1 amide bonds. The normalized spacial score (nSPS) is 12.4. The Labute approximate surface area is 195 Å². The van der Waals surface area contributed by atoms with Crippen molar-refractivity contribution in [1.82, 2.24) is 5.32 Å². The van der Waals surface area contributed by atoms with Crippen molar-refractivity contribution in [3.05, 3.63) is 95.1 Å². The van der Waals surface area contributed by atoms with Crippen molar-refractivity contribution in [2.75, 3.05) is 7.11 Å². The maximum Gasteiger partial charge on any atom is 0.339 e. The Morgan fingerprint density at radius 2 is 1.67 bits per heavy atom. The van der Waals surface area contributed by atoms with Crippen LogP contribution in [-0.4, -0.2) is 21.4 Å². The molecule has 1 unspecified atom stereocenters. The summed E-state index contributed by atoms with van der Waals surface area (Å²) in [6.07, 6.45) is 3.05. The molecule has 0 radical (unpaired) electrons. The molecule has 0 aliphatic carbocycles. The van der Waals surface area contributed by atoms with Crippen LogP contribution in [0.15, 0.2) is 77.7 Å². The molecule has 0 bridgehead atoms. The Morgan fingerprint density at radius 1 is 0.970 bits per heavy atom. The molecule has 1 atom stereocenters. The van der Waals surface area contributed by atoms with Gasteiger partial charge in [-0.25, -0.2) is 0 Å². The molecular formula is C26H27NO5S. The maximum absolute atomic E-state index is 12.6. The molecule has 1 N–H and O–H groups in total. The van der Waals surface area contributed by atoms with Gasteiger partial charge in [0.15, 0.2) is 11.5 Å². The summed E-state index contributed by atoms with van der Waals surface area (Å²) in [5.74, 6) is 0.0568. The monoisotopic (exact) mass is 465 g/mol. The number of hydrogen-bond acceptors (Lipinski definition) is 5. The van der Waals surface area contributed by atoms with E-state index in [1.54, 1.807) is 30.3 Å². The van der Waals surface area contributed by atoms with Gasteiger partial charge in [0.25, 0.3) is 0 Å². The molecular weight excluding hydrogens is 438 g/mol. The summed E-state index contributed by atoms with van der Waals surface area (Å²) in [5, 5.41) is 2.94. The Hall–Kier alpha value is -3.58. The number of amides is 1. The molecule has 33 heavy (non-hydrogen) atoms. The van der Waals surface area contributed by atoms with Crippen LogP contribution in [0.5, 0.6) is 11.5 Å². The van der Waals surface area contributed by atoms with E-state index in [4.69, 9.17) is 8.92 Å². The minimum Gasteiger partial charge on any atom is -0.493 e. The molecule has 3 aromatic rings.